The highest BCUT2D eigenvalue weighted by atomic mass is 28.4. The molecule has 1 atom stereocenters. The van der Waals surface area contributed by atoms with Crippen LogP contribution in [0.2, 0.25) is 18.1 Å². The zero-order chi connectivity index (χ0) is 25.4. The Morgan fingerprint density at radius 1 is 0.886 bits per heavy atom. The number of methoxy groups -OCH3 is 1. The first kappa shape index (κ1) is 25.1. The molecule has 1 aliphatic rings. The fourth-order valence-electron chi connectivity index (χ4n) is 4.35. The van der Waals surface area contributed by atoms with Gasteiger partial charge in [0, 0.05) is 6.42 Å². The van der Waals surface area contributed by atoms with Crippen LogP contribution in [0.4, 0.5) is 4.39 Å². The van der Waals surface area contributed by atoms with Gasteiger partial charge < -0.3 is 9.16 Å². The van der Waals surface area contributed by atoms with E-state index in [2.05, 4.69) is 58.1 Å². The van der Waals surface area contributed by atoms with E-state index in [0.29, 0.717) is 5.56 Å². The smallest absolute Gasteiger partial charge is 0.337 e. The maximum atomic E-state index is 13.8. The normalized spacial score (nSPS) is 17.2. The van der Waals surface area contributed by atoms with E-state index in [4.69, 9.17) is 9.16 Å². The van der Waals surface area contributed by atoms with Crippen molar-refractivity contribution in [2.45, 2.75) is 51.4 Å². The third-order valence-electron chi connectivity index (χ3n) is 7.29. The summed E-state index contributed by atoms with van der Waals surface area (Å²) in [5.74, 6) is -0.647. The van der Waals surface area contributed by atoms with Crippen molar-refractivity contribution in [1.82, 2.24) is 0 Å². The first-order valence-corrected chi connectivity index (χ1v) is 14.9. The summed E-state index contributed by atoms with van der Waals surface area (Å²) >= 11 is 0. The lowest BCUT2D eigenvalue weighted by Crippen LogP contribution is -2.41. The first-order valence-electron chi connectivity index (χ1n) is 12.0. The van der Waals surface area contributed by atoms with Crippen LogP contribution in [-0.2, 0) is 9.16 Å². The second kappa shape index (κ2) is 9.55. The minimum Gasteiger partial charge on any atom is -0.465 e. The predicted octanol–water partition coefficient (Wildman–Crippen LogP) is 8.04. The van der Waals surface area contributed by atoms with Gasteiger partial charge in [-0.05, 0) is 75.8 Å². The van der Waals surface area contributed by atoms with Gasteiger partial charge in [-0.25, -0.2) is 9.18 Å². The minimum absolute atomic E-state index is 0.0353. The van der Waals surface area contributed by atoms with Gasteiger partial charge in [0.05, 0.1) is 18.8 Å². The zero-order valence-corrected chi connectivity index (χ0v) is 22.3. The number of carbonyl (C=O) groups excluding carboxylic acids is 1. The molecule has 0 aliphatic heterocycles. The molecule has 3 aromatic rings. The molecule has 182 valence electrons. The Morgan fingerprint density at radius 3 is 2.00 bits per heavy atom. The van der Waals surface area contributed by atoms with Crippen molar-refractivity contribution >= 4 is 25.4 Å². The van der Waals surface area contributed by atoms with Crippen molar-refractivity contribution in [2.75, 3.05) is 7.11 Å². The monoisotopic (exact) mass is 488 g/mol. The molecule has 3 aromatic carbocycles. The van der Waals surface area contributed by atoms with Crippen LogP contribution in [0, 0.1) is 5.82 Å². The average molecular weight is 489 g/mol. The van der Waals surface area contributed by atoms with Crippen molar-refractivity contribution in [3.63, 3.8) is 0 Å². The molecule has 1 aliphatic carbocycles. The minimum atomic E-state index is -2.02. The fourth-order valence-corrected chi connectivity index (χ4v) is 5.63. The van der Waals surface area contributed by atoms with Gasteiger partial charge in [-0.3, -0.25) is 0 Å². The van der Waals surface area contributed by atoms with Crippen LogP contribution in [0.1, 0.15) is 65.9 Å². The number of fused-ring (bicyclic) bond motifs is 1. The second-order valence-corrected chi connectivity index (χ2v) is 15.3. The molecule has 3 nitrogen and oxygen atoms in total. The van der Waals surface area contributed by atoms with E-state index in [1.807, 2.05) is 24.3 Å². The highest BCUT2D eigenvalue weighted by molar-refractivity contribution is 6.74. The van der Waals surface area contributed by atoms with E-state index in [1.54, 1.807) is 12.1 Å². The van der Waals surface area contributed by atoms with Crippen molar-refractivity contribution in [3.05, 3.63) is 106 Å². The number of hydrogen-bond acceptors (Lipinski definition) is 3. The van der Waals surface area contributed by atoms with Gasteiger partial charge in [-0.2, -0.15) is 0 Å². The molecule has 1 unspecified atom stereocenters. The highest BCUT2D eigenvalue weighted by Crippen LogP contribution is 2.50. The average Bonchev–Trinajstić information content (AvgIpc) is 3.17. The summed E-state index contributed by atoms with van der Waals surface area (Å²) in [5.41, 5.74) is 6.92. The Kier molecular flexibility index (Phi) is 6.85. The van der Waals surface area contributed by atoms with Gasteiger partial charge in [-0.15, -0.1) is 0 Å². The number of carbonyl (C=O) groups is 1. The summed E-state index contributed by atoms with van der Waals surface area (Å²) in [5, 5.41) is 0.0952. The Morgan fingerprint density at radius 2 is 1.43 bits per heavy atom. The van der Waals surface area contributed by atoms with Crippen molar-refractivity contribution < 1.29 is 18.3 Å². The molecule has 0 bridgehead atoms. The lowest BCUT2D eigenvalue weighted by molar-refractivity contribution is 0.0600. The standard InChI is InChI=1S/C30H33FO3Si/c1-30(2,3)35(5,6)34-27-19-26(24-9-7-8-10-25(24)27)28(21-15-17-23(31)18-16-21)20-11-13-22(14-12-20)29(32)33-4/h7-18,27H,19H2,1-6H3/b28-26+. The number of halogens is 1. The van der Waals surface area contributed by atoms with Gasteiger partial charge in [0.2, 0.25) is 0 Å². The first-order chi connectivity index (χ1) is 16.5. The summed E-state index contributed by atoms with van der Waals surface area (Å²) in [7, 11) is -0.642. The van der Waals surface area contributed by atoms with Crippen LogP contribution < -0.4 is 0 Å². The molecule has 0 N–H and O–H groups in total. The van der Waals surface area contributed by atoms with Gasteiger partial charge >= 0.3 is 5.97 Å². The van der Waals surface area contributed by atoms with Crippen LogP contribution >= 0.6 is 0 Å². The van der Waals surface area contributed by atoms with Gasteiger partial charge in [0.25, 0.3) is 0 Å². The topological polar surface area (TPSA) is 35.5 Å². The number of esters is 1. The van der Waals surface area contributed by atoms with Crippen LogP contribution in [0.15, 0.2) is 72.8 Å². The molecule has 0 aromatic heterocycles. The molecular weight excluding hydrogens is 455 g/mol. The quantitative estimate of drug-likeness (QED) is 0.269. The number of hydrogen-bond donors (Lipinski definition) is 0. The molecule has 0 fully saturated rings. The highest BCUT2D eigenvalue weighted by Gasteiger charge is 2.42. The van der Waals surface area contributed by atoms with E-state index >= 15 is 0 Å². The third kappa shape index (κ3) is 5.02. The van der Waals surface area contributed by atoms with Crippen LogP contribution in [0.3, 0.4) is 0 Å². The van der Waals surface area contributed by atoms with Gasteiger partial charge in [0.1, 0.15) is 5.82 Å². The zero-order valence-electron chi connectivity index (χ0n) is 21.3. The Bertz CT molecular complexity index is 1250. The molecule has 0 saturated carbocycles. The largest absolute Gasteiger partial charge is 0.465 e. The van der Waals surface area contributed by atoms with Gasteiger partial charge in [0.15, 0.2) is 8.32 Å². The van der Waals surface area contributed by atoms with Crippen molar-refractivity contribution in [3.8, 4) is 0 Å². The number of benzene rings is 3. The lowest BCUT2D eigenvalue weighted by Gasteiger charge is -2.38. The Hall–Kier alpha value is -3.02. The van der Waals surface area contributed by atoms with E-state index in [-0.39, 0.29) is 22.9 Å². The van der Waals surface area contributed by atoms with E-state index in [9.17, 15) is 9.18 Å². The van der Waals surface area contributed by atoms with E-state index in [0.717, 1.165) is 28.7 Å². The van der Waals surface area contributed by atoms with E-state index < -0.39 is 8.32 Å². The summed E-state index contributed by atoms with van der Waals surface area (Å²) in [6.45, 7) is 11.3. The maximum absolute atomic E-state index is 13.8. The predicted molar refractivity (Wildman–Crippen MR) is 142 cm³/mol. The third-order valence-corrected chi connectivity index (χ3v) is 11.8. The SMILES string of the molecule is COC(=O)c1ccc(/C(=C2/CC(O[Si](C)(C)C(C)(C)C)c3ccccc32)c2ccc(F)cc2)cc1. The van der Waals surface area contributed by atoms with Crippen LogP contribution in [0.25, 0.3) is 11.1 Å². The number of ether oxygens (including phenoxy) is 1. The Balaban J connectivity index is 1.88. The van der Waals surface area contributed by atoms with Crippen molar-refractivity contribution in [2.24, 2.45) is 0 Å². The molecule has 0 saturated heterocycles. The second-order valence-electron chi connectivity index (χ2n) is 10.6. The van der Waals surface area contributed by atoms with Gasteiger partial charge in [-0.1, -0.05) is 69.3 Å². The molecule has 0 spiro atoms. The fraction of sp³-hybridized carbons (Fsp3) is 0.300. The molecule has 0 amide bonds. The lowest BCUT2D eigenvalue weighted by atomic mass is 9.90. The molecule has 0 heterocycles. The Labute approximate surface area is 208 Å². The summed E-state index contributed by atoms with van der Waals surface area (Å²) in [6.07, 6.45) is 0.698. The molecular formula is C30H33FO3Si. The number of rotatable bonds is 5. The van der Waals surface area contributed by atoms with Crippen LogP contribution in [-0.4, -0.2) is 21.4 Å². The van der Waals surface area contributed by atoms with Crippen LogP contribution in [0.5, 0.6) is 0 Å². The van der Waals surface area contributed by atoms with Crippen molar-refractivity contribution in [1.29, 1.82) is 0 Å². The summed E-state index contributed by atoms with van der Waals surface area (Å²) in [4.78, 5) is 12.0. The summed E-state index contributed by atoms with van der Waals surface area (Å²) < 4.78 is 25.6. The molecule has 35 heavy (non-hydrogen) atoms. The maximum Gasteiger partial charge on any atom is 0.337 e. The molecule has 5 heteroatoms. The molecule has 0 radical (unpaired) electrons. The van der Waals surface area contributed by atoms with E-state index in [1.165, 1.54) is 30.4 Å². The molecule has 4 rings (SSSR count). The summed E-state index contributed by atoms with van der Waals surface area (Å²) in [6, 6.07) is 22.4.